The molecule has 0 aromatic carbocycles. The van der Waals surface area contributed by atoms with Crippen LogP contribution in [-0.4, -0.2) is 37.2 Å². The first-order chi connectivity index (χ1) is 32.0. The van der Waals surface area contributed by atoms with Gasteiger partial charge in [0.1, 0.15) is 13.2 Å². The van der Waals surface area contributed by atoms with Crippen molar-refractivity contribution in [3.8, 4) is 0 Å². The van der Waals surface area contributed by atoms with Crippen LogP contribution in [0.2, 0.25) is 0 Å². The Balaban J connectivity index is 4.26. The molecule has 0 aromatic rings. The van der Waals surface area contributed by atoms with Crippen LogP contribution in [0.5, 0.6) is 0 Å². The lowest BCUT2D eigenvalue weighted by Gasteiger charge is -2.18. The molecule has 65 heavy (non-hydrogen) atoms. The van der Waals surface area contributed by atoms with E-state index in [1.54, 1.807) is 0 Å². The highest BCUT2D eigenvalue weighted by molar-refractivity contribution is 5.71. The van der Waals surface area contributed by atoms with Gasteiger partial charge in [-0.15, -0.1) is 0 Å². The fourth-order valence-electron chi connectivity index (χ4n) is 8.55. The molecule has 1 atom stereocenters. The van der Waals surface area contributed by atoms with Gasteiger partial charge in [-0.1, -0.05) is 251 Å². The zero-order valence-corrected chi connectivity index (χ0v) is 43.8. The number of esters is 3. The molecule has 0 heterocycles. The molecule has 6 heteroatoms. The van der Waals surface area contributed by atoms with Crippen molar-refractivity contribution in [1.82, 2.24) is 0 Å². The molecule has 0 aliphatic rings. The Morgan fingerprint density at radius 1 is 0.292 bits per heavy atom. The summed E-state index contributed by atoms with van der Waals surface area (Å²) in [7, 11) is 0. The first kappa shape index (κ1) is 62.9. The molecule has 0 fully saturated rings. The summed E-state index contributed by atoms with van der Waals surface area (Å²) in [6, 6.07) is 0. The lowest BCUT2D eigenvalue weighted by atomic mass is 10.0. The second kappa shape index (κ2) is 54.5. The van der Waals surface area contributed by atoms with E-state index in [0.717, 1.165) is 64.2 Å². The van der Waals surface area contributed by atoms with Gasteiger partial charge in [-0.2, -0.15) is 0 Å². The van der Waals surface area contributed by atoms with Crippen molar-refractivity contribution < 1.29 is 28.6 Å². The summed E-state index contributed by atoms with van der Waals surface area (Å²) in [5.74, 6) is -0.862. The number of carbonyl (C=O) groups is 3. The monoisotopic (exact) mass is 915 g/mol. The smallest absolute Gasteiger partial charge is 0.306 e. The number of hydrogen-bond donors (Lipinski definition) is 0. The van der Waals surface area contributed by atoms with E-state index in [4.69, 9.17) is 14.2 Å². The third-order valence-corrected chi connectivity index (χ3v) is 12.9. The Morgan fingerprint density at radius 2 is 0.508 bits per heavy atom. The summed E-state index contributed by atoms with van der Waals surface area (Å²) in [6.07, 6.45) is 63.1. The third kappa shape index (κ3) is 52.7. The summed E-state index contributed by atoms with van der Waals surface area (Å²) < 4.78 is 16.8. The van der Waals surface area contributed by atoms with Gasteiger partial charge in [-0.3, -0.25) is 14.4 Å². The topological polar surface area (TPSA) is 78.9 Å². The molecular formula is C59H110O6. The van der Waals surface area contributed by atoms with Crippen molar-refractivity contribution in [2.24, 2.45) is 0 Å². The summed E-state index contributed by atoms with van der Waals surface area (Å²) >= 11 is 0. The van der Waals surface area contributed by atoms with Crippen molar-refractivity contribution in [3.05, 3.63) is 24.3 Å². The van der Waals surface area contributed by atoms with Crippen LogP contribution < -0.4 is 0 Å². The second-order valence-corrected chi connectivity index (χ2v) is 19.6. The average Bonchev–Trinajstić information content (AvgIpc) is 3.30. The van der Waals surface area contributed by atoms with Gasteiger partial charge in [-0.05, 0) is 70.6 Å². The fraction of sp³-hybridized carbons (Fsp3) is 0.881. The Kier molecular flexibility index (Phi) is 52.7. The van der Waals surface area contributed by atoms with Crippen LogP contribution in [-0.2, 0) is 28.6 Å². The highest BCUT2D eigenvalue weighted by Crippen LogP contribution is 2.16. The Labute approximate surface area is 404 Å². The zero-order chi connectivity index (χ0) is 47.2. The maximum Gasteiger partial charge on any atom is 0.306 e. The maximum absolute atomic E-state index is 12.8. The standard InChI is InChI=1S/C59H110O6/c1-4-7-10-13-16-19-22-24-26-27-28-29-30-31-33-34-37-40-43-46-49-52-58(61)64-55-56(54-63-57(60)51-48-45-42-39-36-21-18-15-12-9-6-3)65-59(62)53-50-47-44-41-38-35-32-25-23-20-17-14-11-8-5-2/h24-26,32,56H,4-23,27-31,33-55H2,1-3H3/b26-24-,32-25-/t56-/m0/s1. The molecule has 0 unspecified atom stereocenters. The molecule has 0 spiro atoms. The Morgan fingerprint density at radius 3 is 0.769 bits per heavy atom. The molecule has 0 saturated carbocycles. The lowest BCUT2D eigenvalue weighted by Crippen LogP contribution is -2.30. The van der Waals surface area contributed by atoms with E-state index < -0.39 is 6.10 Å². The molecule has 0 amide bonds. The number of ether oxygens (including phenoxy) is 3. The van der Waals surface area contributed by atoms with Crippen LogP contribution >= 0.6 is 0 Å². The van der Waals surface area contributed by atoms with Crippen LogP contribution in [0.3, 0.4) is 0 Å². The molecule has 0 aromatic heterocycles. The molecule has 0 rings (SSSR count). The normalized spacial score (nSPS) is 12.1. The van der Waals surface area contributed by atoms with Gasteiger partial charge < -0.3 is 14.2 Å². The van der Waals surface area contributed by atoms with Crippen LogP contribution in [0, 0.1) is 0 Å². The summed E-state index contributed by atoms with van der Waals surface area (Å²) in [6.45, 7) is 6.66. The molecule has 0 N–H and O–H groups in total. The number of unbranched alkanes of at least 4 members (excludes halogenated alkanes) is 38. The van der Waals surface area contributed by atoms with Crippen molar-refractivity contribution in [2.75, 3.05) is 13.2 Å². The highest BCUT2D eigenvalue weighted by atomic mass is 16.6. The molecule has 6 nitrogen and oxygen atoms in total. The van der Waals surface area contributed by atoms with Gasteiger partial charge in [-0.25, -0.2) is 0 Å². The number of rotatable bonds is 53. The van der Waals surface area contributed by atoms with Gasteiger partial charge in [0.05, 0.1) is 0 Å². The summed E-state index contributed by atoms with van der Waals surface area (Å²) in [4.78, 5) is 38.1. The fourth-order valence-corrected chi connectivity index (χ4v) is 8.55. The minimum Gasteiger partial charge on any atom is -0.462 e. The quantitative estimate of drug-likeness (QED) is 0.0262. The van der Waals surface area contributed by atoms with Gasteiger partial charge in [0.25, 0.3) is 0 Å². The molecular weight excluding hydrogens is 805 g/mol. The van der Waals surface area contributed by atoms with E-state index in [9.17, 15) is 14.4 Å². The van der Waals surface area contributed by atoms with E-state index in [-0.39, 0.29) is 31.1 Å². The second-order valence-electron chi connectivity index (χ2n) is 19.6. The number of allylic oxidation sites excluding steroid dienone is 4. The van der Waals surface area contributed by atoms with Crippen molar-refractivity contribution >= 4 is 17.9 Å². The molecule has 0 saturated heterocycles. The van der Waals surface area contributed by atoms with Crippen molar-refractivity contribution in [2.45, 2.75) is 322 Å². The van der Waals surface area contributed by atoms with Gasteiger partial charge >= 0.3 is 17.9 Å². The summed E-state index contributed by atoms with van der Waals surface area (Å²) in [5.41, 5.74) is 0. The first-order valence-electron chi connectivity index (χ1n) is 28.8. The molecule has 382 valence electrons. The molecule has 0 bridgehead atoms. The van der Waals surface area contributed by atoms with Crippen LogP contribution in [0.1, 0.15) is 316 Å². The summed E-state index contributed by atoms with van der Waals surface area (Å²) in [5, 5.41) is 0. The van der Waals surface area contributed by atoms with Crippen LogP contribution in [0.25, 0.3) is 0 Å². The lowest BCUT2D eigenvalue weighted by molar-refractivity contribution is -0.167. The van der Waals surface area contributed by atoms with Crippen molar-refractivity contribution in [1.29, 1.82) is 0 Å². The van der Waals surface area contributed by atoms with Crippen LogP contribution in [0.15, 0.2) is 24.3 Å². The Hall–Kier alpha value is -2.11. The molecule has 0 aliphatic carbocycles. The van der Waals surface area contributed by atoms with E-state index in [2.05, 4.69) is 45.1 Å². The number of hydrogen-bond acceptors (Lipinski definition) is 6. The molecule has 0 radical (unpaired) electrons. The van der Waals surface area contributed by atoms with Gasteiger partial charge in [0, 0.05) is 19.3 Å². The minimum atomic E-state index is -0.771. The largest absolute Gasteiger partial charge is 0.462 e. The van der Waals surface area contributed by atoms with E-state index >= 15 is 0 Å². The third-order valence-electron chi connectivity index (χ3n) is 12.9. The van der Waals surface area contributed by atoms with E-state index in [0.29, 0.717) is 19.3 Å². The minimum absolute atomic E-state index is 0.0705. The van der Waals surface area contributed by atoms with E-state index in [1.807, 2.05) is 0 Å². The molecule has 0 aliphatic heterocycles. The van der Waals surface area contributed by atoms with E-state index in [1.165, 1.54) is 212 Å². The predicted octanol–water partition coefficient (Wildman–Crippen LogP) is 19.1. The van der Waals surface area contributed by atoms with Gasteiger partial charge in [0.15, 0.2) is 6.10 Å². The first-order valence-corrected chi connectivity index (χ1v) is 28.8. The zero-order valence-electron chi connectivity index (χ0n) is 43.8. The maximum atomic E-state index is 12.8. The highest BCUT2D eigenvalue weighted by Gasteiger charge is 2.19. The predicted molar refractivity (Wildman–Crippen MR) is 279 cm³/mol. The SMILES string of the molecule is CCCCCCCC/C=C\CCCCCCCCCCCCCC(=O)OC[C@H](COC(=O)CCCCCCCCCCCCC)OC(=O)CCCCCCC/C=C\CCCCCCCC. The van der Waals surface area contributed by atoms with Crippen molar-refractivity contribution in [3.63, 3.8) is 0 Å². The Bertz CT molecular complexity index is 1050. The van der Waals surface area contributed by atoms with Gasteiger partial charge in [0.2, 0.25) is 0 Å². The number of carbonyl (C=O) groups excluding carboxylic acids is 3. The average molecular weight is 916 g/mol. The van der Waals surface area contributed by atoms with Crippen LogP contribution in [0.4, 0.5) is 0 Å².